The molecule has 26 heavy (non-hydrogen) atoms. The third kappa shape index (κ3) is 2.83. The molecule has 1 N–H and O–H groups in total. The summed E-state index contributed by atoms with van der Waals surface area (Å²) in [6.07, 6.45) is 5.22. The van der Waals surface area contributed by atoms with Crippen molar-refractivity contribution in [2.24, 2.45) is 0 Å². The van der Waals surface area contributed by atoms with Crippen LogP contribution >= 0.6 is 0 Å². The zero-order chi connectivity index (χ0) is 18.3. The Morgan fingerprint density at radius 1 is 1.27 bits per heavy atom. The van der Waals surface area contributed by atoms with Crippen molar-refractivity contribution >= 4 is 10.9 Å². The van der Waals surface area contributed by atoms with E-state index in [1.807, 2.05) is 19.1 Å². The van der Waals surface area contributed by atoms with Gasteiger partial charge >= 0.3 is 0 Å². The topological polar surface area (TPSA) is 41.3 Å². The van der Waals surface area contributed by atoms with E-state index in [2.05, 4.69) is 46.6 Å². The second kappa shape index (κ2) is 6.53. The zero-order valence-electron chi connectivity index (χ0n) is 15.9. The molecule has 1 atom stereocenters. The average molecular weight is 349 g/mol. The lowest BCUT2D eigenvalue weighted by molar-refractivity contribution is 0.0143. The molecule has 0 radical (unpaired) electrons. The molecule has 0 saturated carbocycles. The van der Waals surface area contributed by atoms with Crippen molar-refractivity contribution in [1.29, 1.82) is 0 Å². The number of fused-ring (bicyclic) bond motifs is 3. The predicted octanol–water partition coefficient (Wildman–Crippen LogP) is 3.63. The van der Waals surface area contributed by atoms with Crippen molar-refractivity contribution in [1.82, 2.24) is 14.5 Å². The lowest BCUT2D eigenvalue weighted by atomic mass is 9.92. The van der Waals surface area contributed by atoms with E-state index in [-0.39, 0.29) is 0 Å². The fourth-order valence-electron chi connectivity index (χ4n) is 4.19. The molecule has 136 valence electrons. The quantitative estimate of drug-likeness (QED) is 0.782. The molecule has 0 amide bonds. The smallest absolute Gasteiger partial charge is 0.109 e. The maximum Gasteiger partial charge on any atom is 0.109 e. The number of hydrogen-bond acceptors (Lipinski definition) is 3. The molecule has 0 saturated heterocycles. The maximum atomic E-state index is 11.5. The Morgan fingerprint density at radius 3 is 2.85 bits per heavy atom. The van der Waals surface area contributed by atoms with E-state index in [9.17, 15) is 5.11 Å². The van der Waals surface area contributed by atoms with Crippen LogP contribution < -0.4 is 0 Å². The van der Waals surface area contributed by atoms with Gasteiger partial charge in [0, 0.05) is 54.1 Å². The Kier molecular flexibility index (Phi) is 4.33. The number of aryl methyl sites for hydroxylation is 1. The summed E-state index contributed by atoms with van der Waals surface area (Å²) in [5, 5.41) is 12.8. The number of benzene rings is 1. The Balaban J connectivity index is 1.86. The average Bonchev–Trinajstić information content (AvgIpc) is 2.94. The summed E-state index contributed by atoms with van der Waals surface area (Å²) < 4.78 is 2.35. The van der Waals surface area contributed by atoms with Crippen LogP contribution in [0.15, 0.2) is 42.7 Å². The highest BCUT2D eigenvalue weighted by Crippen LogP contribution is 2.35. The molecule has 1 unspecified atom stereocenters. The van der Waals surface area contributed by atoms with Crippen LogP contribution in [0.4, 0.5) is 0 Å². The van der Waals surface area contributed by atoms with Gasteiger partial charge in [-0.3, -0.25) is 4.98 Å². The molecule has 0 fully saturated rings. The highest BCUT2D eigenvalue weighted by Gasteiger charge is 2.31. The number of rotatable bonds is 4. The zero-order valence-corrected chi connectivity index (χ0v) is 15.9. The van der Waals surface area contributed by atoms with Gasteiger partial charge in [0.2, 0.25) is 0 Å². The first kappa shape index (κ1) is 17.3. The van der Waals surface area contributed by atoms with Gasteiger partial charge in [0.1, 0.15) is 5.60 Å². The second-order valence-electron chi connectivity index (χ2n) is 7.65. The highest BCUT2D eigenvalue weighted by molar-refractivity contribution is 5.86. The van der Waals surface area contributed by atoms with Crippen molar-refractivity contribution < 1.29 is 5.11 Å². The van der Waals surface area contributed by atoms with Gasteiger partial charge in [0.25, 0.3) is 0 Å². The van der Waals surface area contributed by atoms with Gasteiger partial charge in [0.05, 0.1) is 6.54 Å². The van der Waals surface area contributed by atoms with Crippen LogP contribution in [0.1, 0.15) is 35.7 Å². The van der Waals surface area contributed by atoms with Gasteiger partial charge in [-0.05, 0) is 44.2 Å². The van der Waals surface area contributed by atoms with Crippen molar-refractivity contribution in [2.45, 2.75) is 45.4 Å². The number of pyridine rings is 1. The summed E-state index contributed by atoms with van der Waals surface area (Å²) in [5.74, 6) is 0. The Labute approximate surface area is 155 Å². The molecule has 4 heteroatoms. The van der Waals surface area contributed by atoms with Crippen LogP contribution in [0.5, 0.6) is 0 Å². The van der Waals surface area contributed by atoms with E-state index in [1.165, 1.54) is 27.7 Å². The molecular formula is C22H27N3O. The van der Waals surface area contributed by atoms with E-state index in [1.54, 1.807) is 12.4 Å². The first-order chi connectivity index (χ1) is 12.5. The second-order valence-corrected chi connectivity index (χ2v) is 7.65. The van der Waals surface area contributed by atoms with Gasteiger partial charge in [-0.1, -0.05) is 24.6 Å². The van der Waals surface area contributed by atoms with Crippen LogP contribution in [0, 0.1) is 6.92 Å². The third-order valence-corrected chi connectivity index (χ3v) is 5.80. The van der Waals surface area contributed by atoms with Gasteiger partial charge in [0.15, 0.2) is 0 Å². The molecular weight excluding hydrogens is 322 g/mol. The molecule has 0 spiro atoms. The molecule has 4 nitrogen and oxygen atoms in total. The predicted molar refractivity (Wildman–Crippen MR) is 105 cm³/mol. The summed E-state index contributed by atoms with van der Waals surface area (Å²) in [7, 11) is 2.18. The van der Waals surface area contributed by atoms with Crippen LogP contribution in [0.25, 0.3) is 10.9 Å². The third-order valence-electron chi connectivity index (χ3n) is 5.80. The molecule has 1 aliphatic rings. The molecule has 2 aromatic heterocycles. The van der Waals surface area contributed by atoms with Gasteiger partial charge in [-0.15, -0.1) is 0 Å². The molecule has 1 aromatic carbocycles. The van der Waals surface area contributed by atoms with Crippen molar-refractivity contribution in [3.8, 4) is 0 Å². The fourth-order valence-corrected chi connectivity index (χ4v) is 4.19. The van der Waals surface area contributed by atoms with Crippen LogP contribution in [-0.4, -0.2) is 33.1 Å². The van der Waals surface area contributed by atoms with Crippen molar-refractivity contribution in [3.63, 3.8) is 0 Å². The molecule has 0 bridgehead atoms. The van der Waals surface area contributed by atoms with Gasteiger partial charge in [-0.25, -0.2) is 0 Å². The molecule has 3 heterocycles. The van der Waals surface area contributed by atoms with Crippen molar-refractivity contribution in [3.05, 3.63) is 65.1 Å². The monoisotopic (exact) mass is 349 g/mol. The maximum absolute atomic E-state index is 11.5. The molecule has 3 aromatic rings. The SMILES string of the molecule is CCC(O)(Cn1c2c(c3cc(C)ccc31)CN(C)CC2)c1cccnc1. The number of aromatic nitrogens is 2. The van der Waals surface area contributed by atoms with E-state index >= 15 is 0 Å². The molecule has 4 rings (SSSR count). The van der Waals surface area contributed by atoms with Gasteiger partial charge < -0.3 is 14.6 Å². The van der Waals surface area contributed by atoms with E-state index in [0.29, 0.717) is 13.0 Å². The molecule has 0 aliphatic carbocycles. The molecule has 1 aliphatic heterocycles. The number of hydrogen-bond donors (Lipinski definition) is 1. The Hall–Kier alpha value is -2.17. The highest BCUT2D eigenvalue weighted by atomic mass is 16.3. The Bertz CT molecular complexity index is 931. The lowest BCUT2D eigenvalue weighted by Crippen LogP contribution is -2.33. The normalized spacial score (nSPS) is 17.2. The first-order valence-electron chi connectivity index (χ1n) is 9.44. The summed E-state index contributed by atoms with van der Waals surface area (Å²) in [6, 6.07) is 10.5. The lowest BCUT2D eigenvalue weighted by Gasteiger charge is -2.30. The number of nitrogens with zero attached hydrogens (tertiary/aromatic N) is 3. The summed E-state index contributed by atoms with van der Waals surface area (Å²) >= 11 is 0. The summed E-state index contributed by atoms with van der Waals surface area (Å²) in [6.45, 7) is 6.78. The van der Waals surface area contributed by atoms with Crippen LogP contribution in [0.3, 0.4) is 0 Å². The Morgan fingerprint density at radius 2 is 2.12 bits per heavy atom. The minimum atomic E-state index is -0.914. The summed E-state index contributed by atoms with van der Waals surface area (Å²) in [5.41, 5.74) is 5.28. The first-order valence-corrected chi connectivity index (χ1v) is 9.44. The van der Waals surface area contributed by atoms with Gasteiger partial charge in [-0.2, -0.15) is 0 Å². The largest absolute Gasteiger partial charge is 0.383 e. The summed E-state index contributed by atoms with van der Waals surface area (Å²) in [4.78, 5) is 6.60. The standard InChI is InChI=1S/C22H27N3O/c1-4-22(26,17-6-5-10-23-13-17)15-25-20-8-7-16(2)12-18(20)19-14-24(3)11-9-21(19)25/h5-8,10,12-13,26H,4,9,11,14-15H2,1-3H3. The minimum Gasteiger partial charge on any atom is -0.383 e. The van der Waals surface area contributed by atoms with Crippen molar-refractivity contribution in [2.75, 3.05) is 13.6 Å². The van der Waals surface area contributed by atoms with E-state index in [4.69, 9.17) is 0 Å². The fraction of sp³-hybridized carbons (Fsp3) is 0.409. The van der Waals surface area contributed by atoms with E-state index < -0.39 is 5.60 Å². The van der Waals surface area contributed by atoms with E-state index in [0.717, 1.165) is 25.1 Å². The minimum absolute atomic E-state index is 0.563. The number of likely N-dealkylation sites (N-methyl/N-ethyl adjacent to an activating group) is 1. The number of aliphatic hydroxyl groups is 1. The van der Waals surface area contributed by atoms with Crippen LogP contribution in [0.2, 0.25) is 0 Å². The van der Waals surface area contributed by atoms with Crippen LogP contribution in [-0.2, 0) is 25.1 Å².